The first-order chi connectivity index (χ1) is 7.54. The fourth-order valence-corrected chi connectivity index (χ4v) is 1.90. The number of unbranched alkanes of at least 4 members (excludes halogenated alkanes) is 6. The number of carbonyl (C=O) groups excluding carboxylic acids is 1. The Morgan fingerprint density at radius 1 is 1.00 bits per heavy atom. The van der Waals surface area contributed by atoms with Crippen LogP contribution in [-0.4, -0.2) is 6.29 Å². The molecule has 0 saturated heterocycles. The van der Waals surface area contributed by atoms with Crippen LogP contribution in [0.4, 0.5) is 0 Å². The Morgan fingerprint density at radius 3 is 2.00 bits per heavy atom. The van der Waals surface area contributed by atoms with Gasteiger partial charge < -0.3 is 4.79 Å². The molecule has 0 saturated carbocycles. The summed E-state index contributed by atoms with van der Waals surface area (Å²) in [4.78, 5) is 10.9. The zero-order chi connectivity index (χ0) is 12.4. The van der Waals surface area contributed by atoms with Gasteiger partial charge in [-0.25, -0.2) is 0 Å². The van der Waals surface area contributed by atoms with Crippen molar-refractivity contribution in [1.29, 1.82) is 0 Å². The van der Waals surface area contributed by atoms with Crippen molar-refractivity contribution in [2.75, 3.05) is 0 Å². The first-order valence-electron chi connectivity index (χ1n) is 7.01. The summed E-state index contributed by atoms with van der Waals surface area (Å²) in [5.74, 6) is 0.514. The standard InChI is InChI=1S/C15H30O/c1-5-6-7-8-9-10-11-12-14(2)15(3,4)13-16/h13-14H,5-12H2,1-4H3. The maximum atomic E-state index is 10.9. The minimum Gasteiger partial charge on any atom is -0.303 e. The van der Waals surface area contributed by atoms with Crippen LogP contribution < -0.4 is 0 Å². The van der Waals surface area contributed by atoms with Crippen molar-refractivity contribution in [3.63, 3.8) is 0 Å². The van der Waals surface area contributed by atoms with Crippen LogP contribution in [0.25, 0.3) is 0 Å². The zero-order valence-corrected chi connectivity index (χ0v) is 11.7. The fourth-order valence-electron chi connectivity index (χ4n) is 1.90. The second-order valence-electron chi connectivity index (χ2n) is 5.75. The van der Waals surface area contributed by atoms with Gasteiger partial charge in [-0.05, 0) is 12.3 Å². The van der Waals surface area contributed by atoms with E-state index < -0.39 is 0 Å². The van der Waals surface area contributed by atoms with E-state index in [9.17, 15) is 4.79 Å². The van der Waals surface area contributed by atoms with Crippen molar-refractivity contribution in [2.24, 2.45) is 11.3 Å². The summed E-state index contributed by atoms with van der Waals surface area (Å²) >= 11 is 0. The molecule has 1 atom stereocenters. The van der Waals surface area contributed by atoms with E-state index in [1.54, 1.807) is 0 Å². The van der Waals surface area contributed by atoms with Crippen LogP contribution in [0, 0.1) is 11.3 Å². The largest absolute Gasteiger partial charge is 0.303 e. The third-order valence-electron chi connectivity index (χ3n) is 3.81. The van der Waals surface area contributed by atoms with E-state index in [0.29, 0.717) is 5.92 Å². The first kappa shape index (κ1) is 15.7. The number of hydrogen-bond acceptors (Lipinski definition) is 1. The van der Waals surface area contributed by atoms with Gasteiger partial charge in [-0.3, -0.25) is 0 Å². The normalized spacial score (nSPS) is 13.8. The molecule has 0 radical (unpaired) electrons. The summed E-state index contributed by atoms with van der Waals surface area (Å²) in [7, 11) is 0. The molecule has 0 amide bonds. The molecule has 0 aliphatic carbocycles. The van der Waals surface area contributed by atoms with E-state index in [4.69, 9.17) is 0 Å². The van der Waals surface area contributed by atoms with Gasteiger partial charge in [0, 0.05) is 5.41 Å². The Hall–Kier alpha value is -0.330. The van der Waals surface area contributed by atoms with Crippen LogP contribution in [0.3, 0.4) is 0 Å². The Labute approximate surface area is 102 Å². The summed E-state index contributed by atoms with van der Waals surface area (Å²) in [6, 6.07) is 0. The average Bonchev–Trinajstić information content (AvgIpc) is 2.27. The average molecular weight is 226 g/mol. The fraction of sp³-hybridized carbons (Fsp3) is 0.933. The molecule has 1 heteroatoms. The maximum Gasteiger partial charge on any atom is 0.125 e. The van der Waals surface area contributed by atoms with E-state index in [1.807, 2.05) is 13.8 Å². The number of aldehydes is 1. The second kappa shape index (κ2) is 8.78. The van der Waals surface area contributed by atoms with Crippen molar-refractivity contribution >= 4 is 6.29 Å². The van der Waals surface area contributed by atoms with Gasteiger partial charge >= 0.3 is 0 Å². The molecule has 0 aliphatic rings. The SMILES string of the molecule is CCCCCCCCCC(C)C(C)(C)C=O. The lowest BCUT2D eigenvalue weighted by molar-refractivity contribution is -0.116. The maximum absolute atomic E-state index is 10.9. The number of hydrogen-bond donors (Lipinski definition) is 0. The lowest BCUT2D eigenvalue weighted by atomic mass is 9.78. The van der Waals surface area contributed by atoms with Gasteiger partial charge in [-0.1, -0.05) is 72.6 Å². The lowest BCUT2D eigenvalue weighted by Gasteiger charge is -2.25. The Bertz CT molecular complexity index is 172. The molecule has 0 fully saturated rings. The summed E-state index contributed by atoms with van der Waals surface area (Å²) in [5, 5.41) is 0. The molecule has 0 rings (SSSR count). The Balaban J connectivity index is 3.41. The predicted octanol–water partition coefficient (Wildman–Crippen LogP) is 4.99. The molecule has 1 nitrogen and oxygen atoms in total. The van der Waals surface area contributed by atoms with Gasteiger partial charge in [0.2, 0.25) is 0 Å². The van der Waals surface area contributed by atoms with Crippen LogP contribution in [0.2, 0.25) is 0 Å². The topological polar surface area (TPSA) is 17.1 Å². The van der Waals surface area contributed by atoms with Crippen LogP contribution in [-0.2, 0) is 4.79 Å². The molecule has 0 heterocycles. The Morgan fingerprint density at radius 2 is 1.50 bits per heavy atom. The molecular formula is C15H30O. The highest BCUT2D eigenvalue weighted by Crippen LogP contribution is 2.28. The monoisotopic (exact) mass is 226 g/mol. The molecule has 0 N–H and O–H groups in total. The van der Waals surface area contributed by atoms with Gasteiger partial charge in [0.15, 0.2) is 0 Å². The van der Waals surface area contributed by atoms with Gasteiger partial charge in [0.1, 0.15) is 6.29 Å². The van der Waals surface area contributed by atoms with Crippen molar-refractivity contribution < 1.29 is 4.79 Å². The third-order valence-corrected chi connectivity index (χ3v) is 3.81. The summed E-state index contributed by atoms with van der Waals surface area (Å²) < 4.78 is 0. The summed E-state index contributed by atoms with van der Waals surface area (Å²) in [6.07, 6.45) is 11.8. The van der Waals surface area contributed by atoms with E-state index in [2.05, 4.69) is 13.8 Å². The number of rotatable bonds is 10. The molecule has 16 heavy (non-hydrogen) atoms. The lowest BCUT2D eigenvalue weighted by Crippen LogP contribution is -2.22. The smallest absolute Gasteiger partial charge is 0.125 e. The van der Waals surface area contributed by atoms with Crippen LogP contribution in [0.5, 0.6) is 0 Å². The molecule has 0 aromatic carbocycles. The van der Waals surface area contributed by atoms with E-state index in [-0.39, 0.29) is 5.41 Å². The highest BCUT2D eigenvalue weighted by Gasteiger charge is 2.24. The molecule has 0 aliphatic heterocycles. The molecule has 0 bridgehead atoms. The molecule has 96 valence electrons. The van der Waals surface area contributed by atoms with Crippen LogP contribution in [0.15, 0.2) is 0 Å². The first-order valence-corrected chi connectivity index (χ1v) is 7.01. The molecule has 0 aromatic heterocycles. The van der Waals surface area contributed by atoms with E-state index >= 15 is 0 Å². The summed E-state index contributed by atoms with van der Waals surface area (Å²) in [6.45, 7) is 8.55. The second-order valence-corrected chi connectivity index (χ2v) is 5.75. The molecule has 0 aromatic rings. The van der Waals surface area contributed by atoms with Crippen molar-refractivity contribution in [2.45, 2.75) is 79.1 Å². The Kier molecular flexibility index (Phi) is 8.60. The van der Waals surface area contributed by atoms with Crippen LogP contribution in [0.1, 0.15) is 79.1 Å². The third kappa shape index (κ3) is 7.03. The highest BCUT2D eigenvalue weighted by molar-refractivity contribution is 5.58. The van der Waals surface area contributed by atoms with E-state index in [0.717, 1.165) is 6.29 Å². The highest BCUT2D eigenvalue weighted by atomic mass is 16.1. The zero-order valence-electron chi connectivity index (χ0n) is 11.7. The van der Waals surface area contributed by atoms with Crippen molar-refractivity contribution in [3.8, 4) is 0 Å². The minimum absolute atomic E-state index is 0.137. The van der Waals surface area contributed by atoms with Gasteiger partial charge in [0.05, 0.1) is 0 Å². The van der Waals surface area contributed by atoms with Crippen molar-refractivity contribution in [1.82, 2.24) is 0 Å². The van der Waals surface area contributed by atoms with Crippen LogP contribution >= 0.6 is 0 Å². The summed E-state index contributed by atoms with van der Waals surface area (Å²) in [5.41, 5.74) is -0.137. The molecule has 0 spiro atoms. The quantitative estimate of drug-likeness (QED) is 0.379. The van der Waals surface area contributed by atoms with E-state index in [1.165, 1.54) is 51.4 Å². The van der Waals surface area contributed by atoms with Gasteiger partial charge in [0.25, 0.3) is 0 Å². The minimum atomic E-state index is -0.137. The van der Waals surface area contributed by atoms with Crippen molar-refractivity contribution in [3.05, 3.63) is 0 Å². The number of carbonyl (C=O) groups is 1. The molecule has 1 unspecified atom stereocenters. The predicted molar refractivity (Wildman–Crippen MR) is 71.6 cm³/mol. The molecular weight excluding hydrogens is 196 g/mol. The van der Waals surface area contributed by atoms with Gasteiger partial charge in [-0.15, -0.1) is 0 Å². The van der Waals surface area contributed by atoms with Gasteiger partial charge in [-0.2, -0.15) is 0 Å².